The van der Waals surface area contributed by atoms with E-state index in [0.717, 1.165) is 6.07 Å². The molecule has 0 radical (unpaired) electrons. The number of sulfonamides is 1. The predicted molar refractivity (Wildman–Crippen MR) is 70.3 cm³/mol. The zero-order valence-corrected chi connectivity index (χ0v) is 11.1. The van der Waals surface area contributed by atoms with Gasteiger partial charge in [-0.2, -0.15) is 4.31 Å². The van der Waals surface area contributed by atoms with Crippen LogP contribution in [0.3, 0.4) is 0 Å². The normalized spacial score (nSPS) is 11.5. The summed E-state index contributed by atoms with van der Waals surface area (Å²) in [6, 6.07) is 3.62. The van der Waals surface area contributed by atoms with Crippen molar-refractivity contribution in [3.8, 4) is 0 Å². The van der Waals surface area contributed by atoms with Crippen molar-refractivity contribution < 1.29 is 12.8 Å². The largest absolute Gasteiger partial charge is 0.243 e. The molecule has 0 amide bonds. The first-order valence-corrected chi connectivity index (χ1v) is 6.85. The van der Waals surface area contributed by atoms with E-state index in [4.69, 9.17) is 0 Å². The molecule has 3 nitrogen and oxygen atoms in total. The molecule has 0 spiro atoms. The van der Waals surface area contributed by atoms with Crippen molar-refractivity contribution >= 4 is 10.0 Å². The van der Waals surface area contributed by atoms with Gasteiger partial charge in [0.1, 0.15) is 5.82 Å². The average Bonchev–Trinajstić information content (AvgIpc) is 2.28. The van der Waals surface area contributed by atoms with Crippen LogP contribution in [0.2, 0.25) is 0 Å². The molecule has 0 aliphatic rings. The molecule has 0 bridgehead atoms. The average molecular weight is 269 g/mol. The van der Waals surface area contributed by atoms with E-state index < -0.39 is 15.8 Å². The maximum Gasteiger partial charge on any atom is 0.243 e. The van der Waals surface area contributed by atoms with Crippen molar-refractivity contribution in [2.45, 2.75) is 11.8 Å². The quantitative estimate of drug-likeness (QED) is 0.744. The van der Waals surface area contributed by atoms with Gasteiger partial charge in [-0.05, 0) is 30.7 Å². The van der Waals surface area contributed by atoms with E-state index in [-0.39, 0.29) is 18.0 Å². The van der Waals surface area contributed by atoms with E-state index in [2.05, 4.69) is 13.2 Å². The minimum absolute atomic E-state index is 0.104. The minimum Gasteiger partial charge on any atom is -0.207 e. The topological polar surface area (TPSA) is 37.4 Å². The highest BCUT2D eigenvalue weighted by atomic mass is 32.2. The van der Waals surface area contributed by atoms with Crippen LogP contribution in [-0.2, 0) is 10.0 Å². The molecule has 5 heteroatoms. The first-order chi connectivity index (χ1) is 8.43. The molecule has 0 aromatic heterocycles. The summed E-state index contributed by atoms with van der Waals surface area (Å²) in [6.07, 6.45) is 3.00. The zero-order chi connectivity index (χ0) is 13.8. The molecule has 0 aliphatic carbocycles. The van der Waals surface area contributed by atoms with Crippen molar-refractivity contribution in [2.24, 2.45) is 0 Å². The fourth-order valence-electron chi connectivity index (χ4n) is 1.60. The molecule has 0 saturated heterocycles. The van der Waals surface area contributed by atoms with Crippen molar-refractivity contribution in [3.05, 3.63) is 54.9 Å². The lowest BCUT2D eigenvalue weighted by Gasteiger charge is -2.20. The fraction of sp³-hybridized carbons (Fsp3) is 0.231. The molecule has 1 aromatic carbocycles. The van der Waals surface area contributed by atoms with Gasteiger partial charge in [-0.3, -0.25) is 0 Å². The summed E-state index contributed by atoms with van der Waals surface area (Å²) >= 11 is 0. The van der Waals surface area contributed by atoms with Gasteiger partial charge in [-0.15, -0.1) is 13.2 Å². The molecular formula is C13H16FNO2S. The Morgan fingerprint density at radius 1 is 1.28 bits per heavy atom. The molecule has 0 heterocycles. The highest BCUT2D eigenvalue weighted by Crippen LogP contribution is 2.20. The zero-order valence-electron chi connectivity index (χ0n) is 10.3. The number of aryl methyl sites for hydroxylation is 1. The second-order valence-electron chi connectivity index (χ2n) is 3.81. The maximum atomic E-state index is 13.0. The van der Waals surface area contributed by atoms with Gasteiger partial charge in [0.15, 0.2) is 0 Å². The highest BCUT2D eigenvalue weighted by molar-refractivity contribution is 7.89. The van der Waals surface area contributed by atoms with E-state index in [9.17, 15) is 12.8 Å². The first-order valence-electron chi connectivity index (χ1n) is 5.41. The summed E-state index contributed by atoms with van der Waals surface area (Å²) in [4.78, 5) is 0.104. The lowest BCUT2D eigenvalue weighted by atomic mass is 10.2. The molecule has 0 aliphatic heterocycles. The van der Waals surface area contributed by atoms with Crippen molar-refractivity contribution in [1.29, 1.82) is 0 Å². The summed E-state index contributed by atoms with van der Waals surface area (Å²) in [5.74, 6) is -0.453. The summed E-state index contributed by atoms with van der Waals surface area (Å²) < 4.78 is 38.9. The molecule has 0 unspecified atom stereocenters. The Morgan fingerprint density at radius 2 is 1.83 bits per heavy atom. The van der Waals surface area contributed by atoms with Gasteiger partial charge in [-0.1, -0.05) is 12.2 Å². The summed E-state index contributed by atoms with van der Waals surface area (Å²) in [6.45, 7) is 8.99. The van der Waals surface area contributed by atoms with Crippen LogP contribution < -0.4 is 0 Å². The van der Waals surface area contributed by atoms with Gasteiger partial charge in [0.25, 0.3) is 0 Å². The number of nitrogens with zero attached hydrogens (tertiary/aromatic N) is 1. The number of hydrogen-bond acceptors (Lipinski definition) is 2. The van der Waals surface area contributed by atoms with Crippen LogP contribution in [0.25, 0.3) is 0 Å². The van der Waals surface area contributed by atoms with Crippen molar-refractivity contribution in [1.82, 2.24) is 4.31 Å². The van der Waals surface area contributed by atoms with Crippen LogP contribution in [-0.4, -0.2) is 25.8 Å². The third kappa shape index (κ3) is 3.05. The molecular weight excluding hydrogens is 253 g/mol. The Labute approximate surface area is 107 Å². The van der Waals surface area contributed by atoms with Crippen LogP contribution in [0.5, 0.6) is 0 Å². The predicted octanol–water partition coefficient (Wildman–Crippen LogP) is 2.50. The van der Waals surface area contributed by atoms with E-state index >= 15 is 0 Å². The van der Waals surface area contributed by atoms with E-state index in [1.165, 1.54) is 28.6 Å². The summed E-state index contributed by atoms with van der Waals surface area (Å²) in [7, 11) is -3.65. The van der Waals surface area contributed by atoms with E-state index in [0.29, 0.717) is 5.56 Å². The van der Waals surface area contributed by atoms with E-state index in [1.807, 2.05) is 0 Å². The second kappa shape index (κ2) is 5.93. The molecule has 98 valence electrons. The summed E-state index contributed by atoms with van der Waals surface area (Å²) in [5, 5.41) is 0. The van der Waals surface area contributed by atoms with Gasteiger partial charge in [-0.25, -0.2) is 12.8 Å². The van der Waals surface area contributed by atoms with Crippen LogP contribution in [0.1, 0.15) is 5.56 Å². The van der Waals surface area contributed by atoms with Crippen molar-refractivity contribution in [3.63, 3.8) is 0 Å². The molecule has 1 aromatic rings. The smallest absolute Gasteiger partial charge is 0.207 e. The monoisotopic (exact) mass is 269 g/mol. The Kier molecular flexibility index (Phi) is 4.81. The third-order valence-corrected chi connectivity index (χ3v) is 4.41. The van der Waals surface area contributed by atoms with Crippen molar-refractivity contribution in [2.75, 3.05) is 13.1 Å². The number of benzene rings is 1. The van der Waals surface area contributed by atoms with Crippen LogP contribution >= 0.6 is 0 Å². The molecule has 1 rings (SSSR count). The van der Waals surface area contributed by atoms with Gasteiger partial charge in [0, 0.05) is 13.1 Å². The maximum absolute atomic E-state index is 13.0. The lowest BCUT2D eigenvalue weighted by molar-refractivity contribution is 0.473. The lowest BCUT2D eigenvalue weighted by Crippen LogP contribution is -2.31. The summed E-state index contributed by atoms with van der Waals surface area (Å²) in [5.41, 5.74) is 0.383. The molecule has 0 atom stereocenters. The van der Waals surface area contributed by atoms with Gasteiger partial charge in [0.2, 0.25) is 10.0 Å². The van der Waals surface area contributed by atoms with Gasteiger partial charge < -0.3 is 0 Å². The Hall–Kier alpha value is -1.46. The van der Waals surface area contributed by atoms with Crippen LogP contribution in [0.4, 0.5) is 4.39 Å². The number of rotatable bonds is 6. The molecule has 18 heavy (non-hydrogen) atoms. The second-order valence-corrected chi connectivity index (χ2v) is 5.72. The van der Waals surface area contributed by atoms with E-state index in [1.54, 1.807) is 6.92 Å². The highest BCUT2D eigenvalue weighted by Gasteiger charge is 2.24. The van der Waals surface area contributed by atoms with Gasteiger partial charge in [0.05, 0.1) is 4.90 Å². The van der Waals surface area contributed by atoms with Crippen LogP contribution in [0.15, 0.2) is 48.4 Å². The minimum atomic E-state index is -3.65. The Bertz CT molecular complexity index is 542. The molecule has 0 N–H and O–H groups in total. The SMILES string of the molecule is C=CCN(CC=C)S(=O)(=O)c1ccc(F)cc1C. The first kappa shape index (κ1) is 14.6. The third-order valence-electron chi connectivity index (χ3n) is 2.42. The van der Waals surface area contributed by atoms with Crippen LogP contribution in [0, 0.1) is 12.7 Å². The number of hydrogen-bond donors (Lipinski definition) is 0. The molecule has 0 fully saturated rings. The fourth-order valence-corrected chi connectivity index (χ4v) is 3.19. The van der Waals surface area contributed by atoms with Gasteiger partial charge >= 0.3 is 0 Å². The standard InChI is InChI=1S/C13H16FNO2S/c1-4-8-15(9-5-2)18(16,17)13-7-6-12(14)10-11(13)3/h4-7,10H,1-2,8-9H2,3H3. The molecule has 0 saturated carbocycles. The Morgan fingerprint density at radius 3 is 2.28 bits per heavy atom. The Balaban J connectivity index is 3.25. The number of halogens is 1.